The van der Waals surface area contributed by atoms with E-state index in [1.165, 1.54) is 10.4 Å². The van der Waals surface area contributed by atoms with Gasteiger partial charge < -0.3 is 9.72 Å². The van der Waals surface area contributed by atoms with Crippen molar-refractivity contribution in [2.75, 3.05) is 38.5 Å². The van der Waals surface area contributed by atoms with Crippen molar-refractivity contribution in [2.45, 2.75) is 19.1 Å². The number of piperazine rings is 1. The lowest BCUT2D eigenvalue weighted by Crippen LogP contribution is -2.48. The first-order valence-electron chi connectivity index (χ1n) is 12.1. The van der Waals surface area contributed by atoms with Crippen molar-refractivity contribution in [3.8, 4) is 5.75 Å². The molecule has 202 valence electrons. The van der Waals surface area contributed by atoms with Crippen LogP contribution in [0, 0.1) is 0 Å². The average molecular weight is 550 g/mol. The average Bonchev–Trinajstić information content (AvgIpc) is 3.24. The standard InChI is InChI=1S/C25H26F3N5O4S/c26-25(27,28)19-4-1-3-17(13-19)16-32-7-9-33(10-8-32)38(35,36)12-2-11-37-20-5-6-21-18(14-20)15-22-23(29-21)31-24(34)30-22/h1,3-6,13-15H,2,7-12,16H2,(H2,29,30,31,34). The van der Waals surface area contributed by atoms with E-state index in [0.717, 1.165) is 17.5 Å². The van der Waals surface area contributed by atoms with Gasteiger partial charge in [-0.2, -0.15) is 17.5 Å². The Labute approximate surface area is 216 Å². The number of sulfonamides is 1. The van der Waals surface area contributed by atoms with Gasteiger partial charge in [0.2, 0.25) is 10.0 Å². The monoisotopic (exact) mass is 549 g/mol. The number of halogens is 3. The maximum absolute atomic E-state index is 13.0. The number of nitrogens with one attached hydrogen (secondary N) is 2. The quantitative estimate of drug-likeness (QED) is 0.326. The number of fused-ring (bicyclic) bond motifs is 2. The van der Waals surface area contributed by atoms with E-state index in [0.29, 0.717) is 54.0 Å². The third-order valence-corrected chi connectivity index (χ3v) is 8.42. The van der Waals surface area contributed by atoms with Gasteiger partial charge in [-0.1, -0.05) is 18.2 Å². The first-order chi connectivity index (χ1) is 18.1. The Morgan fingerprint density at radius 1 is 1.00 bits per heavy atom. The van der Waals surface area contributed by atoms with Crippen molar-refractivity contribution in [3.05, 3.63) is 70.1 Å². The van der Waals surface area contributed by atoms with E-state index in [1.54, 1.807) is 30.3 Å². The van der Waals surface area contributed by atoms with Gasteiger partial charge in [0.25, 0.3) is 0 Å². The number of ether oxygens (including phenoxy) is 1. The van der Waals surface area contributed by atoms with Crippen molar-refractivity contribution in [1.82, 2.24) is 24.2 Å². The van der Waals surface area contributed by atoms with Crippen LogP contribution in [0.1, 0.15) is 17.5 Å². The Bertz CT molecular complexity index is 1610. The molecule has 0 aliphatic carbocycles. The molecule has 0 atom stereocenters. The first-order valence-corrected chi connectivity index (χ1v) is 13.7. The van der Waals surface area contributed by atoms with Gasteiger partial charge >= 0.3 is 11.9 Å². The summed E-state index contributed by atoms with van der Waals surface area (Å²) in [4.78, 5) is 23.1. The number of benzene rings is 2. The minimum absolute atomic E-state index is 0.0685. The summed E-state index contributed by atoms with van der Waals surface area (Å²) in [5, 5.41) is 0.779. The predicted molar refractivity (Wildman–Crippen MR) is 136 cm³/mol. The predicted octanol–water partition coefficient (Wildman–Crippen LogP) is 3.34. The molecular formula is C25H26F3N5O4S. The van der Waals surface area contributed by atoms with E-state index in [-0.39, 0.29) is 31.1 Å². The summed E-state index contributed by atoms with van der Waals surface area (Å²) in [6, 6.07) is 12.3. The first kappa shape index (κ1) is 26.2. The van der Waals surface area contributed by atoms with Gasteiger partial charge in [-0.15, -0.1) is 0 Å². The minimum Gasteiger partial charge on any atom is -0.494 e. The summed E-state index contributed by atoms with van der Waals surface area (Å²) in [7, 11) is -3.49. The van der Waals surface area contributed by atoms with Gasteiger partial charge in [-0.25, -0.2) is 18.2 Å². The van der Waals surface area contributed by atoms with Crippen molar-refractivity contribution in [1.29, 1.82) is 0 Å². The lowest BCUT2D eigenvalue weighted by atomic mass is 10.1. The highest BCUT2D eigenvalue weighted by Gasteiger charge is 2.31. The number of hydrogen-bond donors (Lipinski definition) is 2. The number of nitrogens with zero attached hydrogens (tertiary/aromatic N) is 3. The second kappa shape index (κ2) is 10.4. The molecule has 0 spiro atoms. The third-order valence-electron chi connectivity index (χ3n) is 6.47. The zero-order valence-corrected chi connectivity index (χ0v) is 21.1. The molecule has 5 rings (SSSR count). The molecule has 0 radical (unpaired) electrons. The van der Waals surface area contributed by atoms with Crippen LogP contribution in [0.3, 0.4) is 0 Å². The molecule has 1 aliphatic heterocycles. The zero-order valence-electron chi connectivity index (χ0n) is 20.3. The summed E-state index contributed by atoms with van der Waals surface area (Å²) in [6.45, 7) is 1.99. The Balaban J connectivity index is 1.10. The van der Waals surface area contributed by atoms with Gasteiger partial charge in [0.1, 0.15) is 5.75 Å². The molecule has 9 nitrogen and oxygen atoms in total. The van der Waals surface area contributed by atoms with E-state index in [2.05, 4.69) is 15.0 Å². The topological polar surface area (TPSA) is 111 Å². The summed E-state index contributed by atoms with van der Waals surface area (Å²) < 4.78 is 71.7. The molecule has 0 bridgehead atoms. The molecule has 3 heterocycles. The highest BCUT2D eigenvalue weighted by atomic mass is 32.2. The van der Waals surface area contributed by atoms with Crippen molar-refractivity contribution >= 4 is 32.1 Å². The SMILES string of the molecule is O=c1[nH]c2cc3cc(OCCCS(=O)(=O)N4CCN(Cc5cccc(C(F)(F)F)c5)CC4)ccc3nc2[nH]1. The molecule has 1 saturated heterocycles. The van der Waals surface area contributed by atoms with E-state index in [9.17, 15) is 26.4 Å². The Hall–Kier alpha value is -3.42. The van der Waals surface area contributed by atoms with Gasteiger partial charge in [-0.05, 0) is 42.3 Å². The molecule has 38 heavy (non-hydrogen) atoms. The van der Waals surface area contributed by atoms with E-state index in [1.807, 2.05) is 4.90 Å². The van der Waals surface area contributed by atoms with Crippen LogP contribution >= 0.6 is 0 Å². The van der Waals surface area contributed by atoms with Crippen LogP contribution in [0.25, 0.3) is 22.1 Å². The highest BCUT2D eigenvalue weighted by molar-refractivity contribution is 7.89. The number of H-pyrrole nitrogens is 2. The van der Waals surface area contributed by atoms with Crippen LogP contribution in [0.4, 0.5) is 13.2 Å². The zero-order chi connectivity index (χ0) is 26.9. The molecular weight excluding hydrogens is 523 g/mol. The van der Waals surface area contributed by atoms with E-state index in [4.69, 9.17) is 4.74 Å². The van der Waals surface area contributed by atoms with E-state index < -0.39 is 21.8 Å². The van der Waals surface area contributed by atoms with Crippen molar-refractivity contribution in [2.24, 2.45) is 0 Å². The number of hydrogen-bond acceptors (Lipinski definition) is 6. The van der Waals surface area contributed by atoms with Crippen LogP contribution < -0.4 is 10.4 Å². The number of pyridine rings is 1. The van der Waals surface area contributed by atoms with Crippen LogP contribution in [-0.2, 0) is 22.7 Å². The number of aromatic amines is 2. The summed E-state index contributed by atoms with van der Waals surface area (Å²) >= 11 is 0. The Kier molecular flexibility index (Phi) is 7.16. The summed E-state index contributed by atoms with van der Waals surface area (Å²) in [6.07, 6.45) is -4.10. The van der Waals surface area contributed by atoms with Crippen LogP contribution in [0.5, 0.6) is 5.75 Å². The van der Waals surface area contributed by atoms with Gasteiger partial charge in [0, 0.05) is 38.1 Å². The lowest BCUT2D eigenvalue weighted by molar-refractivity contribution is -0.137. The molecule has 0 unspecified atom stereocenters. The normalized spacial score (nSPS) is 15.9. The molecule has 2 aromatic heterocycles. The van der Waals surface area contributed by atoms with Crippen LogP contribution in [0.15, 0.2) is 53.3 Å². The minimum atomic E-state index is -4.39. The maximum atomic E-state index is 13.0. The molecule has 4 aromatic rings. The highest BCUT2D eigenvalue weighted by Crippen LogP contribution is 2.30. The molecule has 1 fully saturated rings. The molecule has 13 heteroatoms. The second-order valence-corrected chi connectivity index (χ2v) is 11.3. The van der Waals surface area contributed by atoms with Crippen molar-refractivity contribution in [3.63, 3.8) is 0 Å². The van der Waals surface area contributed by atoms with Crippen molar-refractivity contribution < 1.29 is 26.3 Å². The number of alkyl halides is 3. The molecule has 1 aliphatic rings. The number of imidazole rings is 1. The summed E-state index contributed by atoms with van der Waals surface area (Å²) in [5.41, 5.74) is 1.27. The Morgan fingerprint density at radius 3 is 2.55 bits per heavy atom. The fraction of sp³-hybridized carbons (Fsp3) is 0.360. The van der Waals surface area contributed by atoms with Crippen LogP contribution in [0.2, 0.25) is 0 Å². The molecule has 2 aromatic carbocycles. The molecule has 0 saturated carbocycles. The van der Waals surface area contributed by atoms with Crippen LogP contribution in [-0.4, -0.2) is 71.1 Å². The largest absolute Gasteiger partial charge is 0.494 e. The smallest absolute Gasteiger partial charge is 0.416 e. The fourth-order valence-electron chi connectivity index (χ4n) is 4.53. The Morgan fingerprint density at radius 2 is 1.79 bits per heavy atom. The number of aromatic nitrogens is 3. The second-order valence-electron chi connectivity index (χ2n) is 9.21. The van der Waals surface area contributed by atoms with Gasteiger partial charge in [0.15, 0.2) is 5.65 Å². The fourth-order valence-corrected chi connectivity index (χ4v) is 5.99. The number of rotatable bonds is 8. The summed E-state index contributed by atoms with van der Waals surface area (Å²) in [5.74, 6) is 0.498. The lowest BCUT2D eigenvalue weighted by Gasteiger charge is -2.34. The maximum Gasteiger partial charge on any atom is 0.416 e. The van der Waals surface area contributed by atoms with Gasteiger partial charge in [0.05, 0.1) is 29.0 Å². The molecule has 2 N–H and O–H groups in total. The molecule has 0 amide bonds. The third kappa shape index (κ3) is 6.00. The van der Waals surface area contributed by atoms with Gasteiger partial charge in [-0.3, -0.25) is 9.88 Å². The van der Waals surface area contributed by atoms with E-state index >= 15 is 0 Å².